The second-order valence-electron chi connectivity index (χ2n) is 5.80. The molecule has 1 aromatic heterocycles. The third kappa shape index (κ3) is 4.39. The number of nitrogens with two attached hydrogens (primary N) is 1. The van der Waals surface area contributed by atoms with Crippen molar-refractivity contribution in [3.05, 3.63) is 60.6 Å². The number of esters is 1. The highest BCUT2D eigenvalue weighted by Crippen LogP contribution is 2.27. The number of nitrogen functional groups attached to an aromatic ring is 1. The number of hydrogen-bond acceptors (Lipinski definition) is 6. The highest BCUT2D eigenvalue weighted by atomic mass is 79.9. The number of ether oxygens (including phenoxy) is 1. The van der Waals surface area contributed by atoms with E-state index < -0.39 is 52.5 Å². The third-order valence-corrected chi connectivity index (χ3v) is 4.44. The van der Waals surface area contributed by atoms with E-state index in [1.54, 1.807) is 0 Å². The van der Waals surface area contributed by atoms with Crippen LogP contribution >= 0.6 is 15.9 Å². The zero-order valence-electron chi connectivity index (χ0n) is 14.7. The van der Waals surface area contributed by atoms with Crippen LogP contribution in [0.5, 0.6) is 0 Å². The van der Waals surface area contributed by atoms with Crippen molar-refractivity contribution in [1.29, 1.82) is 0 Å². The first-order valence-corrected chi connectivity index (χ1v) is 8.47. The number of benzene rings is 1. The first-order chi connectivity index (χ1) is 13.3. The van der Waals surface area contributed by atoms with Crippen LogP contribution in [0.25, 0.3) is 5.69 Å². The van der Waals surface area contributed by atoms with Crippen molar-refractivity contribution in [3.63, 3.8) is 0 Å². The Labute approximate surface area is 167 Å². The van der Waals surface area contributed by atoms with Crippen LogP contribution in [0.4, 0.5) is 17.6 Å². The van der Waals surface area contributed by atoms with Crippen LogP contribution in [0.1, 0.15) is 29.9 Å². The van der Waals surface area contributed by atoms with Gasteiger partial charge in [0.2, 0.25) is 0 Å². The smallest absolute Gasteiger partial charge is 0.433 e. The Balaban J connectivity index is 2.70. The van der Waals surface area contributed by atoms with Gasteiger partial charge in [0.1, 0.15) is 5.82 Å². The number of nitrogens with zero attached hydrogens (tertiary/aromatic N) is 2. The summed E-state index contributed by atoms with van der Waals surface area (Å²) in [6, 6.07) is 1.43. The van der Waals surface area contributed by atoms with E-state index in [1.165, 1.54) is 6.92 Å². The predicted molar refractivity (Wildman–Crippen MR) is 94.7 cm³/mol. The van der Waals surface area contributed by atoms with Gasteiger partial charge in [0.15, 0.2) is 17.6 Å². The van der Waals surface area contributed by atoms with Crippen molar-refractivity contribution < 1.29 is 31.9 Å². The molecule has 1 unspecified atom stereocenters. The van der Waals surface area contributed by atoms with Gasteiger partial charge in [0.25, 0.3) is 5.56 Å². The summed E-state index contributed by atoms with van der Waals surface area (Å²) in [5.74, 6) is 2.31. The molecular formula is C16H12BrF4N3O5. The second kappa shape index (κ2) is 7.81. The number of aromatic nitrogens is 2. The van der Waals surface area contributed by atoms with Crippen LogP contribution in [0.2, 0.25) is 0 Å². The van der Waals surface area contributed by atoms with Gasteiger partial charge in [-0.15, -0.1) is 0 Å². The molecule has 0 radical (unpaired) electrons. The summed E-state index contributed by atoms with van der Waals surface area (Å²) in [6.45, 7) is 2.45. The minimum Gasteiger partial charge on any atom is -0.451 e. The molecule has 0 aliphatic carbocycles. The molecule has 0 aliphatic heterocycles. The Morgan fingerprint density at radius 2 is 1.79 bits per heavy atom. The van der Waals surface area contributed by atoms with Gasteiger partial charge in [0, 0.05) is 10.5 Å². The van der Waals surface area contributed by atoms with Crippen molar-refractivity contribution in [2.24, 2.45) is 0 Å². The molecule has 156 valence electrons. The van der Waals surface area contributed by atoms with Gasteiger partial charge in [-0.05, 0) is 41.9 Å². The van der Waals surface area contributed by atoms with Gasteiger partial charge in [0.05, 0.1) is 11.3 Å². The van der Waals surface area contributed by atoms with Crippen molar-refractivity contribution in [2.75, 3.05) is 5.84 Å². The van der Waals surface area contributed by atoms with Gasteiger partial charge in [-0.2, -0.15) is 13.2 Å². The van der Waals surface area contributed by atoms with Crippen LogP contribution < -0.4 is 17.1 Å². The average Bonchev–Trinajstić information content (AvgIpc) is 2.58. The zero-order valence-corrected chi connectivity index (χ0v) is 16.3. The second-order valence-corrected chi connectivity index (χ2v) is 6.65. The summed E-state index contributed by atoms with van der Waals surface area (Å²) >= 11 is 2.90. The van der Waals surface area contributed by atoms with Crippen LogP contribution in [0.3, 0.4) is 0 Å². The third-order valence-electron chi connectivity index (χ3n) is 3.78. The molecule has 0 amide bonds. The van der Waals surface area contributed by atoms with Gasteiger partial charge in [-0.1, -0.05) is 0 Å². The molecule has 29 heavy (non-hydrogen) atoms. The number of rotatable bonds is 4. The molecule has 1 heterocycles. The summed E-state index contributed by atoms with van der Waals surface area (Å²) in [5.41, 5.74) is -6.18. The van der Waals surface area contributed by atoms with Gasteiger partial charge < -0.3 is 10.6 Å². The number of carbonyl (C=O) groups is 2. The van der Waals surface area contributed by atoms with Crippen molar-refractivity contribution in [1.82, 2.24) is 9.24 Å². The minimum atomic E-state index is -5.11. The van der Waals surface area contributed by atoms with E-state index in [2.05, 4.69) is 15.9 Å². The molecule has 8 nitrogen and oxygen atoms in total. The normalized spacial score (nSPS) is 12.5. The quantitative estimate of drug-likeness (QED) is 0.404. The van der Waals surface area contributed by atoms with E-state index in [9.17, 15) is 36.7 Å². The lowest BCUT2D eigenvalue weighted by Gasteiger charge is -2.15. The standard InChI is InChI=1S/C16H12BrF4N3O5/c1-6(25)7(2)29-14(27)8-3-11(10(18)4-9(8)17)23-13(26)5-12(16(19,20)21)24(22)15(23)28/h3-5,7H,22H2,1-2H3. The van der Waals surface area contributed by atoms with Crippen LogP contribution in [0, 0.1) is 5.82 Å². The Kier molecular flexibility index (Phi) is 6.02. The molecule has 0 saturated heterocycles. The lowest BCUT2D eigenvalue weighted by atomic mass is 10.2. The maximum Gasteiger partial charge on any atom is 0.433 e. The lowest BCUT2D eigenvalue weighted by molar-refractivity contribution is -0.143. The average molecular weight is 482 g/mol. The topological polar surface area (TPSA) is 113 Å². The summed E-state index contributed by atoms with van der Waals surface area (Å²) < 4.78 is 57.4. The molecule has 13 heteroatoms. The van der Waals surface area contributed by atoms with Gasteiger partial charge >= 0.3 is 17.8 Å². The Morgan fingerprint density at radius 3 is 2.31 bits per heavy atom. The molecule has 0 spiro atoms. The molecule has 2 N–H and O–H groups in total. The molecule has 1 atom stereocenters. The van der Waals surface area contributed by atoms with Crippen LogP contribution in [0.15, 0.2) is 32.3 Å². The maximum absolute atomic E-state index is 14.4. The van der Waals surface area contributed by atoms with Gasteiger partial charge in [-0.3, -0.25) is 9.59 Å². The molecule has 2 rings (SSSR count). The summed E-state index contributed by atoms with van der Waals surface area (Å²) in [5, 5.41) is 0. The highest BCUT2D eigenvalue weighted by Gasteiger charge is 2.36. The Bertz CT molecular complexity index is 1120. The number of carbonyl (C=O) groups excluding carboxylic acids is 2. The lowest BCUT2D eigenvalue weighted by Crippen LogP contribution is -2.45. The largest absolute Gasteiger partial charge is 0.451 e. The molecule has 0 aliphatic rings. The maximum atomic E-state index is 14.4. The number of ketones is 1. The number of Topliss-reactive ketones (excluding diaryl/α,β-unsaturated/α-hetero) is 1. The van der Waals surface area contributed by atoms with E-state index >= 15 is 0 Å². The highest BCUT2D eigenvalue weighted by molar-refractivity contribution is 9.10. The zero-order chi connectivity index (χ0) is 22.3. The van der Waals surface area contributed by atoms with E-state index in [0.717, 1.165) is 6.92 Å². The number of hydrogen-bond donors (Lipinski definition) is 1. The fraction of sp³-hybridized carbons (Fsp3) is 0.250. The van der Waals surface area contributed by atoms with Crippen molar-refractivity contribution in [3.8, 4) is 5.69 Å². The molecule has 0 fully saturated rings. The van der Waals surface area contributed by atoms with E-state index in [0.29, 0.717) is 12.1 Å². The monoisotopic (exact) mass is 481 g/mol. The fourth-order valence-corrected chi connectivity index (χ4v) is 2.65. The van der Waals surface area contributed by atoms with E-state index in [-0.39, 0.29) is 25.3 Å². The SMILES string of the molecule is CC(=O)C(C)OC(=O)c1cc(-n2c(=O)cc(C(F)(F)F)n(N)c2=O)c(F)cc1Br. The summed E-state index contributed by atoms with van der Waals surface area (Å²) in [4.78, 5) is 47.8. The van der Waals surface area contributed by atoms with Crippen LogP contribution in [-0.2, 0) is 15.7 Å². The minimum absolute atomic E-state index is 0.0126. The van der Waals surface area contributed by atoms with E-state index in [4.69, 9.17) is 10.6 Å². The molecule has 0 bridgehead atoms. The first kappa shape index (κ1) is 22.3. The fourth-order valence-electron chi connectivity index (χ4n) is 2.17. The Hall–Kier alpha value is -2.96. The molecule has 2 aromatic rings. The first-order valence-electron chi connectivity index (χ1n) is 7.68. The molecule has 1 aromatic carbocycles. The Morgan fingerprint density at radius 1 is 1.21 bits per heavy atom. The molecule has 0 saturated carbocycles. The van der Waals surface area contributed by atoms with Crippen molar-refractivity contribution >= 4 is 27.7 Å². The van der Waals surface area contributed by atoms with E-state index in [1.807, 2.05) is 0 Å². The summed E-state index contributed by atoms with van der Waals surface area (Å²) in [6.07, 6.45) is -6.25. The number of alkyl halides is 3. The van der Waals surface area contributed by atoms with Gasteiger partial charge in [-0.25, -0.2) is 23.2 Å². The van der Waals surface area contributed by atoms with Crippen LogP contribution in [-0.4, -0.2) is 27.1 Å². The number of halogens is 5. The predicted octanol–water partition coefficient (Wildman–Crippen LogP) is 1.77. The summed E-state index contributed by atoms with van der Waals surface area (Å²) in [7, 11) is 0. The van der Waals surface area contributed by atoms with Crippen molar-refractivity contribution in [2.45, 2.75) is 26.1 Å². The molecular weight excluding hydrogens is 470 g/mol.